The summed E-state index contributed by atoms with van der Waals surface area (Å²) in [5, 5.41) is 2.91. The minimum Gasteiger partial charge on any atom is -0.369 e. The lowest BCUT2D eigenvalue weighted by Crippen LogP contribution is -2.30. The standard InChI is InChI=1S/C6H17N4O5P/c7-1-2-9-3-4-10-15-16(12,13)14-6(11)5-8/h9-10H,1-5,7-8H2,(H,12,13). The number of hydrogen-bond acceptors (Lipinski definition) is 8. The average Bonchev–Trinajstić information content (AvgIpc) is 2.22. The van der Waals surface area contributed by atoms with Crippen LogP contribution in [0, 0.1) is 0 Å². The third-order valence-corrected chi connectivity index (χ3v) is 2.08. The lowest BCUT2D eigenvalue weighted by atomic mass is 10.6. The SMILES string of the molecule is NCCNCCNOP(=O)(O)OC(=O)CN. The molecule has 0 saturated heterocycles. The smallest absolute Gasteiger partial charge is 0.369 e. The number of phosphoric ester groups is 1. The summed E-state index contributed by atoms with van der Waals surface area (Å²) >= 11 is 0. The summed E-state index contributed by atoms with van der Waals surface area (Å²) < 4.78 is 19.3. The third-order valence-electron chi connectivity index (χ3n) is 1.29. The predicted molar refractivity (Wildman–Crippen MR) is 56.0 cm³/mol. The van der Waals surface area contributed by atoms with Crippen LogP contribution in [0.4, 0.5) is 0 Å². The Hall–Kier alpha value is -0.540. The van der Waals surface area contributed by atoms with Gasteiger partial charge in [0.25, 0.3) is 0 Å². The number of carbonyl (C=O) groups excluding carboxylic acids is 1. The van der Waals surface area contributed by atoms with Crippen molar-refractivity contribution in [1.82, 2.24) is 10.8 Å². The molecule has 0 saturated carbocycles. The van der Waals surface area contributed by atoms with Crippen molar-refractivity contribution in [2.45, 2.75) is 0 Å². The zero-order chi connectivity index (χ0) is 12.4. The molecule has 0 aliphatic rings. The number of nitrogens with one attached hydrogen (secondary N) is 2. The Morgan fingerprint density at radius 3 is 2.56 bits per heavy atom. The van der Waals surface area contributed by atoms with Crippen molar-refractivity contribution in [2.24, 2.45) is 11.5 Å². The molecular weight excluding hydrogens is 239 g/mol. The van der Waals surface area contributed by atoms with Gasteiger partial charge in [0, 0.05) is 26.2 Å². The minimum absolute atomic E-state index is 0.255. The van der Waals surface area contributed by atoms with Gasteiger partial charge in [-0.3, -0.25) is 9.69 Å². The Morgan fingerprint density at radius 2 is 2.00 bits per heavy atom. The van der Waals surface area contributed by atoms with Crippen molar-refractivity contribution in [3.63, 3.8) is 0 Å². The van der Waals surface area contributed by atoms with Crippen molar-refractivity contribution in [2.75, 3.05) is 32.7 Å². The van der Waals surface area contributed by atoms with E-state index in [2.05, 4.69) is 19.9 Å². The molecule has 10 heteroatoms. The van der Waals surface area contributed by atoms with Gasteiger partial charge in [0.05, 0.1) is 6.54 Å². The molecule has 1 unspecified atom stereocenters. The topological polar surface area (TPSA) is 149 Å². The first-order chi connectivity index (χ1) is 7.52. The van der Waals surface area contributed by atoms with Gasteiger partial charge >= 0.3 is 13.8 Å². The van der Waals surface area contributed by atoms with Gasteiger partial charge < -0.3 is 21.3 Å². The molecule has 16 heavy (non-hydrogen) atoms. The number of hydrogen-bond donors (Lipinski definition) is 5. The van der Waals surface area contributed by atoms with Crippen molar-refractivity contribution in [3.8, 4) is 0 Å². The van der Waals surface area contributed by atoms with Gasteiger partial charge in [-0.15, -0.1) is 0 Å². The van der Waals surface area contributed by atoms with Gasteiger partial charge in [-0.1, -0.05) is 0 Å². The summed E-state index contributed by atoms with van der Waals surface area (Å²) in [7, 11) is -4.41. The van der Waals surface area contributed by atoms with Crippen LogP contribution in [0.5, 0.6) is 0 Å². The van der Waals surface area contributed by atoms with E-state index >= 15 is 0 Å². The minimum atomic E-state index is -4.41. The quantitative estimate of drug-likeness (QED) is 0.174. The van der Waals surface area contributed by atoms with Crippen LogP contribution in [0.1, 0.15) is 0 Å². The number of rotatable bonds is 9. The maximum absolute atomic E-state index is 11.0. The van der Waals surface area contributed by atoms with E-state index in [1.165, 1.54) is 0 Å². The van der Waals surface area contributed by atoms with E-state index in [1.807, 2.05) is 0 Å². The fourth-order valence-electron chi connectivity index (χ4n) is 0.678. The molecule has 0 radical (unpaired) electrons. The van der Waals surface area contributed by atoms with Crippen LogP contribution in [0.15, 0.2) is 0 Å². The van der Waals surface area contributed by atoms with E-state index in [0.717, 1.165) is 0 Å². The Balaban J connectivity index is 3.58. The summed E-state index contributed by atoms with van der Waals surface area (Å²) in [5.74, 6) is -1.02. The molecule has 0 aromatic carbocycles. The zero-order valence-corrected chi connectivity index (χ0v) is 9.61. The van der Waals surface area contributed by atoms with Gasteiger partial charge in [0.1, 0.15) is 0 Å². The van der Waals surface area contributed by atoms with E-state index in [9.17, 15) is 9.36 Å². The fourth-order valence-corrected chi connectivity index (χ4v) is 1.30. The van der Waals surface area contributed by atoms with Crippen LogP contribution in [0.3, 0.4) is 0 Å². The van der Waals surface area contributed by atoms with E-state index in [4.69, 9.17) is 16.4 Å². The maximum atomic E-state index is 11.0. The summed E-state index contributed by atoms with van der Waals surface area (Å²) in [6.07, 6.45) is 0. The highest BCUT2D eigenvalue weighted by molar-refractivity contribution is 7.47. The van der Waals surface area contributed by atoms with E-state index in [0.29, 0.717) is 19.6 Å². The van der Waals surface area contributed by atoms with E-state index in [-0.39, 0.29) is 6.54 Å². The highest BCUT2D eigenvalue weighted by atomic mass is 31.2. The number of hydroxylamine groups is 1. The molecule has 0 spiro atoms. The highest BCUT2D eigenvalue weighted by Gasteiger charge is 2.25. The van der Waals surface area contributed by atoms with Crippen LogP contribution in [-0.2, 0) is 18.5 Å². The van der Waals surface area contributed by atoms with Gasteiger partial charge in [-0.2, -0.15) is 10.1 Å². The first-order valence-corrected chi connectivity index (χ1v) is 6.09. The summed E-state index contributed by atoms with van der Waals surface area (Å²) in [4.78, 5) is 19.5. The summed E-state index contributed by atoms with van der Waals surface area (Å²) in [5.41, 5.74) is 12.3. The van der Waals surface area contributed by atoms with Crippen molar-refractivity contribution in [3.05, 3.63) is 0 Å². The molecule has 0 aliphatic carbocycles. The largest absolute Gasteiger partial charge is 0.546 e. The van der Waals surface area contributed by atoms with Crippen LogP contribution < -0.4 is 22.3 Å². The molecule has 0 fully saturated rings. The molecule has 0 aliphatic heterocycles. The number of carbonyl (C=O) groups is 1. The summed E-state index contributed by atoms with van der Waals surface area (Å²) in [6.45, 7) is 1.37. The Labute approximate surface area is 93.0 Å². The van der Waals surface area contributed by atoms with Gasteiger partial charge in [-0.25, -0.2) is 4.57 Å². The Kier molecular flexibility index (Phi) is 8.30. The molecule has 1 atom stereocenters. The molecule has 0 amide bonds. The molecule has 0 aromatic heterocycles. The second-order valence-corrected chi connectivity index (χ2v) is 3.96. The van der Waals surface area contributed by atoms with Crippen molar-refractivity contribution < 1.29 is 23.4 Å². The molecule has 0 heterocycles. The molecule has 9 nitrogen and oxygen atoms in total. The fraction of sp³-hybridized carbons (Fsp3) is 0.833. The monoisotopic (exact) mass is 256 g/mol. The Morgan fingerprint density at radius 1 is 1.31 bits per heavy atom. The first kappa shape index (κ1) is 15.5. The predicted octanol–water partition coefficient (Wildman–Crippen LogP) is -2.34. The lowest BCUT2D eigenvalue weighted by Gasteiger charge is -2.11. The average molecular weight is 256 g/mol. The number of phosphoric acid groups is 1. The third kappa shape index (κ3) is 8.74. The molecule has 0 rings (SSSR count). The Bertz CT molecular complexity index is 251. The maximum Gasteiger partial charge on any atom is 0.546 e. The summed E-state index contributed by atoms with van der Waals surface area (Å²) in [6, 6.07) is 0. The molecule has 96 valence electrons. The first-order valence-electron chi connectivity index (χ1n) is 4.59. The van der Waals surface area contributed by atoms with Crippen LogP contribution >= 0.6 is 7.82 Å². The second kappa shape index (κ2) is 8.59. The van der Waals surface area contributed by atoms with Crippen LogP contribution in [0.25, 0.3) is 0 Å². The van der Waals surface area contributed by atoms with Crippen LogP contribution in [0.2, 0.25) is 0 Å². The highest BCUT2D eigenvalue weighted by Crippen LogP contribution is 2.41. The molecule has 7 N–H and O–H groups in total. The van der Waals surface area contributed by atoms with Crippen molar-refractivity contribution >= 4 is 13.8 Å². The van der Waals surface area contributed by atoms with Gasteiger partial charge in [0.2, 0.25) is 0 Å². The van der Waals surface area contributed by atoms with Crippen molar-refractivity contribution in [1.29, 1.82) is 0 Å². The zero-order valence-electron chi connectivity index (χ0n) is 8.72. The lowest BCUT2D eigenvalue weighted by molar-refractivity contribution is -0.134. The van der Waals surface area contributed by atoms with E-state index < -0.39 is 20.3 Å². The molecular formula is C6H17N4O5P. The molecule has 0 aromatic rings. The molecule has 0 bridgehead atoms. The normalized spacial score (nSPS) is 14.4. The van der Waals surface area contributed by atoms with Crippen LogP contribution in [-0.4, -0.2) is 43.6 Å². The van der Waals surface area contributed by atoms with Gasteiger partial charge in [-0.05, 0) is 0 Å². The number of nitrogens with two attached hydrogens (primary N) is 2. The second-order valence-electron chi connectivity index (χ2n) is 2.66. The van der Waals surface area contributed by atoms with Gasteiger partial charge in [0.15, 0.2) is 0 Å². The van der Waals surface area contributed by atoms with E-state index in [1.54, 1.807) is 0 Å².